The Kier molecular flexibility index (Phi) is 4.70. The molecular weight excluding hydrogens is 278 g/mol. The summed E-state index contributed by atoms with van der Waals surface area (Å²) in [5.41, 5.74) is 8.07. The molecule has 6 nitrogen and oxygen atoms in total. The van der Waals surface area contributed by atoms with Crippen LogP contribution in [0.25, 0.3) is 5.69 Å². The number of aliphatic imine (C=N–C) groups is 1. The lowest BCUT2D eigenvalue weighted by molar-refractivity contribution is 0.114. The molecule has 1 saturated heterocycles. The Morgan fingerprint density at radius 1 is 1.50 bits per heavy atom. The van der Waals surface area contributed by atoms with E-state index < -0.39 is 0 Å². The predicted octanol–water partition coefficient (Wildman–Crippen LogP) is 1.46. The number of nitrogens with zero attached hydrogens (tertiary/aromatic N) is 3. The molecule has 6 heteroatoms. The fraction of sp³-hybridized carbons (Fsp3) is 0.375. The van der Waals surface area contributed by atoms with Gasteiger partial charge in [-0.25, -0.2) is 9.98 Å². The highest BCUT2D eigenvalue weighted by Crippen LogP contribution is 2.12. The van der Waals surface area contributed by atoms with E-state index in [1.54, 1.807) is 12.5 Å². The van der Waals surface area contributed by atoms with Crippen LogP contribution in [-0.4, -0.2) is 34.8 Å². The smallest absolute Gasteiger partial charge is 0.189 e. The standard InChI is InChI=1S/C16H21N5O/c17-16(20-11-15-5-2-8-22-15)19-10-13-3-1-4-14(9-13)21-7-6-18-12-21/h1,3-4,6-7,9,12,15H,2,5,8,10-11H2,(H3,17,19,20). The van der Waals surface area contributed by atoms with Crippen molar-refractivity contribution in [2.24, 2.45) is 10.7 Å². The summed E-state index contributed by atoms with van der Waals surface area (Å²) in [6, 6.07) is 8.17. The van der Waals surface area contributed by atoms with Crippen molar-refractivity contribution in [3.05, 3.63) is 48.5 Å². The van der Waals surface area contributed by atoms with Gasteiger partial charge in [0.1, 0.15) is 0 Å². The number of benzene rings is 1. The van der Waals surface area contributed by atoms with Gasteiger partial charge in [0, 0.05) is 31.2 Å². The van der Waals surface area contributed by atoms with Gasteiger partial charge in [-0.1, -0.05) is 12.1 Å². The summed E-state index contributed by atoms with van der Waals surface area (Å²) < 4.78 is 7.51. The fourth-order valence-corrected chi connectivity index (χ4v) is 2.48. The largest absolute Gasteiger partial charge is 0.376 e. The minimum atomic E-state index is 0.262. The second-order valence-electron chi connectivity index (χ2n) is 5.36. The molecule has 3 rings (SSSR count). The molecule has 1 unspecified atom stereocenters. The van der Waals surface area contributed by atoms with E-state index in [9.17, 15) is 0 Å². The lowest BCUT2D eigenvalue weighted by Gasteiger charge is -2.11. The first-order valence-electron chi connectivity index (χ1n) is 7.54. The summed E-state index contributed by atoms with van der Waals surface area (Å²) in [6.45, 7) is 2.13. The predicted molar refractivity (Wildman–Crippen MR) is 85.9 cm³/mol. The molecule has 0 bridgehead atoms. The van der Waals surface area contributed by atoms with Crippen LogP contribution in [0.3, 0.4) is 0 Å². The summed E-state index contributed by atoms with van der Waals surface area (Å²) in [5.74, 6) is 0.462. The van der Waals surface area contributed by atoms with Crippen LogP contribution in [0.5, 0.6) is 0 Å². The van der Waals surface area contributed by atoms with Crippen LogP contribution < -0.4 is 11.1 Å². The van der Waals surface area contributed by atoms with Crippen molar-refractivity contribution in [2.45, 2.75) is 25.5 Å². The molecule has 1 aromatic heterocycles. The van der Waals surface area contributed by atoms with E-state index in [0.717, 1.165) is 37.2 Å². The van der Waals surface area contributed by atoms with Gasteiger partial charge >= 0.3 is 0 Å². The molecule has 3 N–H and O–H groups in total. The van der Waals surface area contributed by atoms with Gasteiger partial charge in [-0.05, 0) is 30.5 Å². The van der Waals surface area contributed by atoms with Crippen LogP contribution in [-0.2, 0) is 11.3 Å². The molecule has 1 fully saturated rings. The molecule has 0 amide bonds. The number of nitrogens with two attached hydrogens (primary N) is 1. The summed E-state index contributed by atoms with van der Waals surface area (Å²) in [4.78, 5) is 8.44. The van der Waals surface area contributed by atoms with E-state index in [1.807, 2.05) is 29.0 Å². The van der Waals surface area contributed by atoms with Gasteiger partial charge < -0.3 is 20.4 Å². The third-order valence-corrected chi connectivity index (χ3v) is 3.68. The molecule has 116 valence electrons. The number of hydrogen-bond donors (Lipinski definition) is 2. The maximum absolute atomic E-state index is 5.90. The van der Waals surface area contributed by atoms with E-state index in [0.29, 0.717) is 12.5 Å². The van der Waals surface area contributed by atoms with E-state index >= 15 is 0 Å². The summed E-state index contributed by atoms with van der Waals surface area (Å²) in [5, 5.41) is 3.12. The molecule has 0 saturated carbocycles. The zero-order valence-corrected chi connectivity index (χ0v) is 12.5. The van der Waals surface area contributed by atoms with Gasteiger partial charge in [0.2, 0.25) is 0 Å². The van der Waals surface area contributed by atoms with Crippen molar-refractivity contribution in [3.8, 4) is 5.69 Å². The summed E-state index contributed by atoms with van der Waals surface area (Å²) >= 11 is 0. The molecule has 1 aliphatic heterocycles. The molecule has 1 aliphatic rings. The van der Waals surface area contributed by atoms with Gasteiger partial charge in [-0.3, -0.25) is 0 Å². The lowest BCUT2D eigenvalue weighted by atomic mass is 10.2. The molecule has 0 spiro atoms. The second kappa shape index (κ2) is 7.09. The van der Waals surface area contributed by atoms with E-state index in [2.05, 4.69) is 21.4 Å². The molecule has 0 aliphatic carbocycles. The maximum atomic E-state index is 5.90. The third kappa shape index (κ3) is 3.85. The molecule has 1 aromatic carbocycles. The monoisotopic (exact) mass is 299 g/mol. The Bertz CT molecular complexity index is 617. The van der Waals surface area contributed by atoms with Crippen LogP contribution in [0.2, 0.25) is 0 Å². The molecule has 0 radical (unpaired) electrons. The normalized spacial score (nSPS) is 18.5. The van der Waals surface area contributed by atoms with Crippen molar-refractivity contribution in [1.29, 1.82) is 0 Å². The zero-order chi connectivity index (χ0) is 15.2. The highest BCUT2D eigenvalue weighted by atomic mass is 16.5. The van der Waals surface area contributed by atoms with Crippen molar-refractivity contribution >= 4 is 5.96 Å². The Hall–Kier alpha value is -2.34. The van der Waals surface area contributed by atoms with Crippen LogP contribution in [0, 0.1) is 0 Å². The maximum Gasteiger partial charge on any atom is 0.189 e. The number of ether oxygens (including phenoxy) is 1. The first-order valence-corrected chi connectivity index (χ1v) is 7.54. The van der Waals surface area contributed by atoms with Gasteiger partial charge in [0.05, 0.1) is 19.0 Å². The fourth-order valence-electron chi connectivity index (χ4n) is 2.48. The lowest BCUT2D eigenvalue weighted by Crippen LogP contribution is -2.37. The number of guanidine groups is 1. The number of hydrogen-bond acceptors (Lipinski definition) is 3. The van der Waals surface area contributed by atoms with Crippen molar-refractivity contribution in [3.63, 3.8) is 0 Å². The average molecular weight is 299 g/mol. The molecular formula is C16H21N5O. The minimum Gasteiger partial charge on any atom is -0.376 e. The topological polar surface area (TPSA) is 77.5 Å². The first kappa shape index (κ1) is 14.6. The molecule has 22 heavy (non-hydrogen) atoms. The Morgan fingerprint density at radius 2 is 2.45 bits per heavy atom. The quantitative estimate of drug-likeness (QED) is 0.647. The second-order valence-corrected chi connectivity index (χ2v) is 5.36. The van der Waals surface area contributed by atoms with Gasteiger partial charge in [-0.15, -0.1) is 0 Å². The van der Waals surface area contributed by atoms with Gasteiger partial charge in [0.25, 0.3) is 0 Å². The molecule has 2 aromatic rings. The molecule has 1 atom stereocenters. The van der Waals surface area contributed by atoms with Gasteiger partial charge in [0.15, 0.2) is 5.96 Å². The van der Waals surface area contributed by atoms with Gasteiger partial charge in [-0.2, -0.15) is 0 Å². The Labute approximate surface area is 130 Å². The van der Waals surface area contributed by atoms with E-state index in [1.165, 1.54) is 0 Å². The molecule has 2 heterocycles. The van der Waals surface area contributed by atoms with Crippen LogP contribution in [0.4, 0.5) is 0 Å². The Morgan fingerprint density at radius 3 is 3.23 bits per heavy atom. The SMILES string of the molecule is NC(=NCc1cccc(-n2ccnc2)c1)NCC1CCCO1. The third-order valence-electron chi connectivity index (χ3n) is 3.68. The number of aromatic nitrogens is 2. The number of nitrogens with one attached hydrogen (secondary N) is 1. The van der Waals surface area contributed by atoms with Crippen LogP contribution in [0.1, 0.15) is 18.4 Å². The number of imidazole rings is 1. The van der Waals surface area contributed by atoms with Crippen LogP contribution in [0.15, 0.2) is 48.0 Å². The van der Waals surface area contributed by atoms with Crippen molar-refractivity contribution < 1.29 is 4.74 Å². The first-order chi connectivity index (χ1) is 10.8. The van der Waals surface area contributed by atoms with Crippen molar-refractivity contribution in [1.82, 2.24) is 14.9 Å². The zero-order valence-electron chi connectivity index (χ0n) is 12.5. The minimum absolute atomic E-state index is 0.262. The van der Waals surface area contributed by atoms with E-state index in [-0.39, 0.29) is 6.10 Å². The summed E-state index contributed by atoms with van der Waals surface area (Å²) in [6.07, 6.45) is 7.94. The Balaban J connectivity index is 1.56. The highest BCUT2D eigenvalue weighted by molar-refractivity contribution is 5.77. The average Bonchev–Trinajstić information content (AvgIpc) is 3.24. The van der Waals surface area contributed by atoms with Crippen molar-refractivity contribution in [2.75, 3.05) is 13.2 Å². The van der Waals surface area contributed by atoms with Crippen LogP contribution >= 0.6 is 0 Å². The van der Waals surface area contributed by atoms with E-state index in [4.69, 9.17) is 10.5 Å². The number of rotatable bonds is 5. The highest BCUT2D eigenvalue weighted by Gasteiger charge is 2.14. The summed E-state index contributed by atoms with van der Waals surface area (Å²) in [7, 11) is 0.